The molecule has 0 atom stereocenters. The van der Waals surface area contributed by atoms with Gasteiger partial charge in [-0.3, -0.25) is 9.48 Å². The van der Waals surface area contributed by atoms with Crippen molar-refractivity contribution in [2.24, 2.45) is 7.05 Å². The van der Waals surface area contributed by atoms with Gasteiger partial charge in [-0.25, -0.2) is 4.39 Å². The maximum atomic E-state index is 13.7. The third-order valence-corrected chi connectivity index (χ3v) is 3.39. The lowest BCUT2D eigenvalue weighted by Gasteiger charge is -1.99. The van der Waals surface area contributed by atoms with E-state index >= 15 is 0 Å². The first kappa shape index (κ1) is 15.7. The van der Waals surface area contributed by atoms with Gasteiger partial charge in [0.1, 0.15) is 17.3 Å². The smallest absolute Gasteiger partial charge is 0.244 e. The maximum Gasteiger partial charge on any atom is 0.244 e. The molecular weight excluding hydrogens is 309 g/mol. The fourth-order valence-corrected chi connectivity index (χ4v) is 2.22. The van der Waals surface area contributed by atoms with Gasteiger partial charge in [0.15, 0.2) is 0 Å². The van der Waals surface area contributed by atoms with E-state index < -0.39 is 0 Å². The monoisotopic (exact) mass is 325 g/mol. The number of carbonyl (C=O) groups is 1. The Hall–Kier alpha value is -3.15. The van der Waals surface area contributed by atoms with Crippen LogP contribution in [0.1, 0.15) is 11.3 Å². The zero-order chi connectivity index (χ0) is 16.9. The quantitative estimate of drug-likeness (QED) is 0.733. The Labute approximate surface area is 138 Å². The average molecular weight is 325 g/mol. The van der Waals surface area contributed by atoms with E-state index in [1.165, 1.54) is 12.1 Å². The zero-order valence-corrected chi connectivity index (χ0v) is 13.1. The fraction of sp³-hybridized carbons (Fsp3) is 0.111. The van der Waals surface area contributed by atoms with Crippen LogP contribution in [-0.2, 0) is 18.4 Å². The van der Waals surface area contributed by atoms with Crippen molar-refractivity contribution in [3.63, 3.8) is 0 Å². The molecule has 0 aliphatic rings. The molecule has 0 aliphatic heterocycles. The molecule has 3 rings (SSSR count). The van der Waals surface area contributed by atoms with Crippen LogP contribution in [-0.4, -0.2) is 15.7 Å². The summed E-state index contributed by atoms with van der Waals surface area (Å²) in [5.41, 5.74) is 1.30. The largest absolute Gasteiger partial charge is 0.457 e. The summed E-state index contributed by atoms with van der Waals surface area (Å²) in [5, 5.41) is 6.78. The number of nitrogens with one attached hydrogen (secondary N) is 1. The molecule has 0 spiro atoms. The second-order valence-corrected chi connectivity index (χ2v) is 5.26. The Morgan fingerprint density at radius 1 is 1.33 bits per heavy atom. The van der Waals surface area contributed by atoms with Gasteiger partial charge in [0.25, 0.3) is 0 Å². The summed E-state index contributed by atoms with van der Waals surface area (Å²) in [6, 6.07) is 9.73. The minimum absolute atomic E-state index is 0.248. The lowest BCUT2D eigenvalue weighted by molar-refractivity contribution is -0.116. The van der Waals surface area contributed by atoms with Crippen LogP contribution in [0.2, 0.25) is 0 Å². The molecule has 0 saturated carbocycles. The zero-order valence-electron chi connectivity index (χ0n) is 13.1. The van der Waals surface area contributed by atoms with Crippen LogP contribution >= 0.6 is 0 Å². The Bertz CT molecular complexity index is 880. The molecule has 5 nitrogen and oxygen atoms in total. The second kappa shape index (κ2) is 6.95. The predicted molar refractivity (Wildman–Crippen MR) is 88.2 cm³/mol. The summed E-state index contributed by atoms with van der Waals surface area (Å²) >= 11 is 0. The van der Waals surface area contributed by atoms with Crippen LogP contribution in [0.4, 0.5) is 4.39 Å². The van der Waals surface area contributed by atoms with E-state index in [1.807, 2.05) is 13.2 Å². The van der Waals surface area contributed by atoms with Crippen molar-refractivity contribution in [3.8, 4) is 11.3 Å². The van der Waals surface area contributed by atoms with Gasteiger partial charge < -0.3 is 9.73 Å². The van der Waals surface area contributed by atoms with Gasteiger partial charge in [0.2, 0.25) is 5.91 Å². The molecule has 2 heterocycles. The summed E-state index contributed by atoms with van der Waals surface area (Å²) in [4.78, 5) is 11.8. The minimum Gasteiger partial charge on any atom is -0.457 e. The van der Waals surface area contributed by atoms with Crippen molar-refractivity contribution in [2.45, 2.75) is 6.54 Å². The number of halogens is 1. The van der Waals surface area contributed by atoms with E-state index in [1.54, 1.807) is 47.3 Å². The SMILES string of the molecule is Cn1cc(CNC(=O)C=Cc2ccc(-c3ccccc3F)o2)cn1. The van der Waals surface area contributed by atoms with E-state index in [-0.39, 0.29) is 11.7 Å². The van der Waals surface area contributed by atoms with Crippen LogP contribution in [0.25, 0.3) is 17.4 Å². The lowest BCUT2D eigenvalue weighted by Crippen LogP contribution is -2.19. The van der Waals surface area contributed by atoms with E-state index in [4.69, 9.17) is 4.42 Å². The molecule has 0 aliphatic carbocycles. The number of rotatable bonds is 5. The molecule has 1 N–H and O–H groups in total. The van der Waals surface area contributed by atoms with Gasteiger partial charge in [-0.15, -0.1) is 0 Å². The van der Waals surface area contributed by atoms with Gasteiger partial charge >= 0.3 is 0 Å². The van der Waals surface area contributed by atoms with Crippen LogP contribution < -0.4 is 5.32 Å². The average Bonchev–Trinajstić information content (AvgIpc) is 3.20. The molecule has 1 amide bonds. The number of aromatic nitrogens is 2. The molecule has 6 heteroatoms. The molecule has 1 aromatic carbocycles. The summed E-state index contributed by atoms with van der Waals surface area (Å²) in [6.45, 7) is 0.398. The Morgan fingerprint density at radius 2 is 2.17 bits per heavy atom. The maximum absolute atomic E-state index is 13.7. The normalized spacial score (nSPS) is 11.1. The molecule has 122 valence electrons. The van der Waals surface area contributed by atoms with Crippen molar-refractivity contribution in [2.75, 3.05) is 0 Å². The number of aryl methyl sites for hydroxylation is 1. The number of nitrogens with zero attached hydrogens (tertiary/aromatic N) is 2. The van der Waals surface area contributed by atoms with Gasteiger partial charge in [-0.1, -0.05) is 12.1 Å². The number of carbonyl (C=O) groups excluding carboxylic acids is 1. The topological polar surface area (TPSA) is 60.1 Å². The van der Waals surface area contributed by atoms with Gasteiger partial charge in [-0.2, -0.15) is 5.10 Å². The number of benzene rings is 1. The third-order valence-electron chi connectivity index (χ3n) is 3.39. The van der Waals surface area contributed by atoms with Crippen LogP contribution in [0.3, 0.4) is 0 Å². The standard InChI is InChI=1S/C18H16FN3O2/c1-22-12-13(11-21-22)10-20-18(23)9-7-14-6-8-17(24-14)15-4-2-3-5-16(15)19/h2-9,11-12H,10H2,1H3,(H,20,23). The third kappa shape index (κ3) is 3.78. The molecule has 2 aromatic heterocycles. The number of hydrogen-bond acceptors (Lipinski definition) is 3. The van der Waals surface area contributed by atoms with Gasteiger partial charge in [-0.05, 0) is 30.3 Å². The Balaban J connectivity index is 1.60. The molecule has 0 saturated heterocycles. The highest BCUT2D eigenvalue weighted by atomic mass is 19.1. The summed E-state index contributed by atoms with van der Waals surface area (Å²) in [5.74, 6) is 0.299. The Morgan fingerprint density at radius 3 is 2.92 bits per heavy atom. The molecule has 0 radical (unpaired) electrons. The highest BCUT2D eigenvalue weighted by molar-refractivity contribution is 5.91. The van der Waals surface area contributed by atoms with E-state index in [0.29, 0.717) is 23.6 Å². The van der Waals surface area contributed by atoms with E-state index in [9.17, 15) is 9.18 Å². The van der Waals surface area contributed by atoms with Crippen molar-refractivity contribution >= 4 is 12.0 Å². The highest BCUT2D eigenvalue weighted by Gasteiger charge is 2.08. The lowest BCUT2D eigenvalue weighted by atomic mass is 10.1. The summed E-state index contributed by atoms with van der Waals surface area (Å²) in [6.07, 6.45) is 6.44. The second-order valence-electron chi connectivity index (χ2n) is 5.26. The van der Waals surface area contributed by atoms with E-state index in [0.717, 1.165) is 5.56 Å². The summed E-state index contributed by atoms with van der Waals surface area (Å²) in [7, 11) is 1.81. The molecule has 0 bridgehead atoms. The summed E-state index contributed by atoms with van der Waals surface area (Å²) < 4.78 is 20.9. The van der Waals surface area contributed by atoms with Crippen molar-refractivity contribution in [1.82, 2.24) is 15.1 Å². The van der Waals surface area contributed by atoms with Crippen molar-refractivity contribution < 1.29 is 13.6 Å². The highest BCUT2D eigenvalue weighted by Crippen LogP contribution is 2.25. The molecule has 0 unspecified atom stereocenters. The van der Waals surface area contributed by atoms with Gasteiger partial charge in [0, 0.05) is 31.4 Å². The molecule has 0 fully saturated rings. The minimum atomic E-state index is -0.350. The molecular formula is C18H16FN3O2. The van der Waals surface area contributed by atoms with Gasteiger partial charge in [0.05, 0.1) is 11.8 Å². The number of hydrogen-bond donors (Lipinski definition) is 1. The first-order valence-corrected chi connectivity index (χ1v) is 7.40. The van der Waals surface area contributed by atoms with Crippen LogP contribution in [0, 0.1) is 5.82 Å². The fourth-order valence-electron chi connectivity index (χ4n) is 2.22. The first-order chi connectivity index (χ1) is 11.6. The van der Waals surface area contributed by atoms with E-state index in [2.05, 4.69) is 10.4 Å². The first-order valence-electron chi connectivity index (χ1n) is 7.40. The molecule has 3 aromatic rings. The van der Waals surface area contributed by atoms with Crippen LogP contribution in [0.15, 0.2) is 59.3 Å². The molecule has 24 heavy (non-hydrogen) atoms. The number of furan rings is 1. The van der Waals surface area contributed by atoms with Crippen LogP contribution in [0.5, 0.6) is 0 Å². The van der Waals surface area contributed by atoms with Crippen molar-refractivity contribution in [1.29, 1.82) is 0 Å². The Kier molecular flexibility index (Phi) is 4.56. The van der Waals surface area contributed by atoms with Crippen molar-refractivity contribution in [3.05, 3.63) is 72.0 Å². The predicted octanol–water partition coefficient (Wildman–Crippen LogP) is 3.15. The number of amides is 1.